The molecular formula is C22H22ClFN4O3. The highest BCUT2D eigenvalue weighted by molar-refractivity contribution is 6.31. The molecule has 1 N–H and O–H groups in total. The van der Waals surface area contributed by atoms with E-state index in [4.69, 9.17) is 25.8 Å². The molecule has 0 unspecified atom stereocenters. The number of nitrogens with one attached hydrogen (secondary N) is 1. The Kier molecular flexibility index (Phi) is 6.57. The predicted molar refractivity (Wildman–Crippen MR) is 118 cm³/mol. The van der Waals surface area contributed by atoms with Gasteiger partial charge in [0.25, 0.3) is 0 Å². The molecule has 1 aromatic heterocycles. The molecule has 0 radical (unpaired) electrons. The smallest absolute Gasteiger partial charge is 0.162 e. The summed E-state index contributed by atoms with van der Waals surface area (Å²) in [5.74, 6) is 1.27. The maximum Gasteiger partial charge on any atom is 0.162 e. The summed E-state index contributed by atoms with van der Waals surface area (Å²) in [4.78, 5) is 10.8. The monoisotopic (exact) mass is 444 g/mol. The van der Waals surface area contributed by atoms with Crippen LogP contribution in [0.15, 0.2) is 49.1 Å². The maximum absolute atomic E-state index is 13.5. The van der Waals surface area contributed by atoms with Crippen LogP contribution in [0.25, 0.3) is 10.9 Å². The second kappa shape index (κ2) is 9.70. The molecule has 162 valence electrons. The summed E-state index contributed by atoms with van der Waals surface area (Å²) in [6.45, 7) is 2.97. The van der Waals surface area contributed by atoms with E-state index in [0.29, 0.717) is 41.7 Å². The van der Waals surface area contributed by atoms with E-state index in [2.05, 4.69) is 20.2 Å². The first-order valence-electron chi connectivity index (χ1n) is 9.84. The summed E-state index contributed by atoms with van der Waals surface area (Å²) in [6, 6.07) is 8.05. The van der Waals surface area contributed by atoms with E-state index < -0.39 is 5.82 Å². The fourth-order valence-electron chi connectivity index (χ4n) is 3.22. The molecule has 1 aliphatic heterocycles. The van der Waals surface area contributed by atoms with Crippen LogP contribution in [0, 0.1) is 5.82 Å². The fourth-order valence-corrected chi connectivity index (χ4v) is 3.40. The molecule has 0 amide bonds. The first kappa shape index (κ1) is 21.0. The number of methoxy groups -OCH3 is 1. The highest BCUT2D eigenvalue weighted by Crippen LogP contribution is 2.35. The molecule has 3 aromatic rings. The summed E-state index contributed by atoms with van der Waals surface area (Å²) in [5, 5.41) is 3.94. The van der Waals surface area contributed by atoms with Gasteiger partial charge in [0.15, 0.2) is 11.5 Å². The summed E-state index contributed by atoms with van der Waals surface area (Å²) < 4.78 is 30.2. The van der Waals surface area contributed by atoms with Crippen molar-refractivity contribution in [1.29, 1.82) is 0 Å². The Labute approximate surface area is 184 Å². The van der Waals surface area contributed by atoms with Gasteiger partial charge in [-0.2, -0.15) is 0 Å². The number of hydrogen-bond donors (Lipinski definition) is 1. The lowest BCUT2D eigenvalue weighted by Gasteiger charge is -2.23. The zero-order valence-electron chi connectivity index (χ0n) is 17.0. The van der Waals surface area contributed by atoms with Crippen LogP contribution < -0.4 is 14.8 Å². The van der Waals surface area contributed by atoms with Gasteiger partial charge in [0.05, 0.1) is 37.1 Å². The SMILES string of the molecule is COc1cc2ncnc(Nc3ccc(F)c(Cl)c3)c2cc1OCCCN1C=COCC1. The number of aromatic nitrogens is 2. The van der Waals surface area contributed by atoms with Gasteiger partial charge >= 0.3 is 0 Å². The van der Waals surface area contributed by atoms with Crippen molar-refractivity contribution in [3.8, 4) is 11.5 Å². The van der Waals surface area contributed by atoms with Gasteiger partial charge in [-0.1, -0.05) is 11.6 Å². The van der Waals surface area contributed by atoms with Crippen LogP contribution in [0.3, 0.4) is 0 Å². The molecule has 0 saturated carbocycles. The van der Waals surface area contributed by atoms with Crippen molar-refractivity contribution in [2.45, 2.75) is 6.42 Å². The third-order valence-corrected chi connectivity index (χ3v) is 5.10. The molecule has 2 heterocycles. The Morgan fingerprint density at radius 2 is 2.13 bits per heavy atom. The van der Waals surface area contributed by atoms with E-state index in [1.165, 1.54) is 18.5 Å². The van der Waals surface area contributed by atoms with Crippen LogP contribution in [0.1, 0.15) is 6.42 Å². The number of ether oxygens (including phenoxy) is 3. The van der Waals surface area contributed by atoms with Gasteiger partial charge in [0.1, 0.15) is 24.6 Å². The van der Waals surface area contributed by atoms with Gasteiger partial charge in [-0.15, -0.1) is 0 Å². The lowest BCUT2D eigenvalue weighted by atomic mass is 10.2. The van der Waals surface area contributed by atoms with Gasteiger partial charge in [0, 0.05) is 29.9 Å². The van der Waals surface area contributed by atoms with Crippen LogP contribution in [-0.4, -0.2) is 48.3 Å². The third-order valence-electron chi connectivity index (χ3n) is 4.81. The average Bonchev–Trinajstić information content (AvgIpc) is 2.79. The number of nitrogens with zero attached hydrogens (tertiary/aromatic N) is 3. The van der Waals surface area contributed by atoms with Gasteiger partial charge < -0.3 is 24.4 Å². The molecule has 0 aliphatic carbocycles. The van der Waals surface area contributed by atoms with Crippen molar-refractivity contribution < 1.29 is 18.6 Å². The average molecular weight is 445 g/mol. The first-order valence-corrected chi connectivity index (χ1v) is 10.2. The second-order valence-electron chi connectivity index (χ2n) is 6.89. The molecule has 0 bridgehead atoms. The highest BCUT2D eigenvalue weighted by Gasteiger charge is 2.13. The summed E-state index contributed by atoms with van der Waals surface area (Å²) in [5.41, 5.74) is 1.30. The van der Waals surface area contributed by atoms with Gasteiger partial charge in [-0.05, 0) is 30.7 Å². The topological polar surface area (TPSA) is 68.7 Å². The molecular weight excluding hydrogens is 423 g/mol. The van der Waals surface area contributed by atoms with Crippen LogP contribution in [-0.2, 0) is 4.74 Å². The van der Waals surface area contributed by atoms with E-state index in [1.54, 1.807) is 25.5 Å². The molecule has 7 nitrogen and oxygen atoms in total. The molecule has 31 heavy (non-hydrogen) atoms. The molecule has 0 spiro atoms. The molecule has 1 aliphatic rings. The van der Waals surface area contributed by atoms with Crippen molar-refractivity contribution in [3.63, 3.8) is 0 Å². The number of rotatable bonds is 8. The summed E-state index contributed by atoms with van der Waals surface area (Å²) in [7, 11) is 1.59. The number of hydrogen-bond acceptors (Lipinski definition) is 7. The quantitative estimate of drug-likeness (QED) is 0.503. The van der Waals surface area contributed by atoms with E-state index in [9.17, 15) is 4.39 Å². The molecule has 0 atom stereocenters. The number of benzene rings is 2. The lowest BCUT2D eigenvalue weighted by molar-refractivity contribution is 0.166. The summed E-state index contributed by atoms with van der Waals surface area (Å²) in [6.07, 6.45) is 5.94. The molecule has 4 rings (SSSR count). The Bertz CT molecular complexity index is 1100. The molecule has 0 fully saturated rings. The molecule has 2 aromatic carbocycles. The minimum absolute atomic E-state index is 0.0316. The van der Waals surface area contributed by atoms with Gasteiger partial charge in [0.2, 0.25) is 0 Å². The Hall–Kier alpha value is -3.26. The van der Waals surface area contributed by atoms with E-state index >= 15 is 0 Å². The maximum atomic E-state index is 13.5. The highest BCUT2D eigenvalue weighted by atomic mass is 35.5. The van der Waals surface area contributed by atoms with Crippen LogP contribution in [0.2, 0.25) is 5.02 Å². The zero-order chi connectivity index (χ0) is 21.6. The Morgan fingerprint density at radius 3 is 2.90 bits per heavy atom. The Balaban J connectivity index is 1.52. The van der Waals surface area contributed by atoms with Crippen molar-refractivity contribution in [2.24, 2.45) is 0 Å². The zero-order valence-corrected chi connectivity index (χ0v) is 17.7. The van der Waals surface area contributed by atoms with Crippen molar-refractivity contribution in [1.82, 2.24) is 14.9 Å². The number of halogens is 2. The van der Waals surface area contributed by atoms with E-state index in [0.717, 1.165) is 24.9 Å². The minimum Gasteiger partial charge on any atom is -0.498 e. The normalized spacial score (nSPS) is 13.2. The molecule has 9 heteroatoms. The summed E-state index contributed by atoms with van der Waals surface area (Å²) >= 11 is 5.89. The number of anilines is 2. The predicted octanol–water partition coefficient (Wildman–Crippen LogP) is 4.75. The minimum atomic E-state index is -0.479. The van der Waals surface area contributed by atoms with Crippen LogP contribution in [0.4, 0.5) is 15.9 Å². The molecule has 0 saturated heterocycles. The second-order valence-corrected chi connectivity index (χ2v) is 7.30. The Morgan fingerprint density at radius 1 is 1.23 bits per heavy atom. The van der Waals surface area contributed by atoms with Crippen molar-refractivity contribution in [3.05, 3.63) is 60.0 Å². The standard InChI is InChI=1S/C22H22ClFN4O3/c1-29-20-13-19-16(12-21(20)31-8-2-5-28-6-9-30-10-7-28)22(26-14-25-19)27-15-3-4-18(24)17(23)11-15/h3-4,6,9,11-14H,2,5,7-8,10H2,1H3,(H,25,26,27). The van der Waals surface area contributed by atoms with Crippen molar-refractivity contribution in [2.75, 3.05) is 38.7 Å². The van der Waals surface area contributed by atoms with Gasteiger partial charge in [-0.25, -0.2) is 14.4 Å². The van der Waals surface area contributed by atoms with Crippen molar-refractivity contribution >= 4 is 34.0 Å². The van der Waals surface area contributed by atoms with Crippen LogP contribution in [0.5, 0.6) is 11.5 Å². The first-order chi connectivity index (χ1) is 15.1. The van der Waals surface area contributed by atoms with E-state index in [-0.39, 0.29) is 5.02 Å². The third kappa shape index (κ3) is 5.08. The van der Waals surface area contributed by atoms with Crippen LogP contribution >= 0.6 is 11.6 Å². The fraction of sp³-hybridized carbons (Fsp3) is 0.273. The number of fused-ring (bicyclic) bond motifs is 1. The lowest BCUT2D eigenvalue weighted by Crippen LogP contribution is -2.26. The largest absolute Gasteiger partial charge is 0.498 e. The van der Waals surface area contributed by atoms with E-state index in [1.807, 2.05) is 12.3 Å². The van der Waals surface area contributed by atoms with Gasteiger partial charge in [-0.3, -0.25) is 0 Å².